The Morgan fingerprint density at radius 1 is 1.18 bits per heavy atom. The first-order chi connectivity index (χ1) is 10.5. The van der Waals surface area contributed by atoms with E-state index in [1.807, 2.05) is 32.1 Å². The van der Waals surface area contributed by atoms with Gasteiger partial charge in [-0.1, -0.05) is 17.7 Å². The Hall–Kier alpha value is -2.26. The van der Waals surface area contributed by atoms with E-state index in [1.165, 1.54) is 6.08 Å². The van der Waals surface area contributed by atoms with Crippen molar-refractivity contribution in [2.24, 2.45) is 0 Å². The predicted molar refractivity (Wildman–Crippen MR) is 91.6 cm³/mol. The van der Waals surface area contributed by atoms with Crippen LogP contribution >= 0.6 is 11.6 Å². The van der Waals surface area contributed by atoms with E-state index in [9.17, 15) is 4.79 Å². The van der Waals surface area contributed by atoms with Crippen molar-refractivity contribution in [1.29, 1.82) is 0 Å². The fourth-order valence-electron chi connectivity index (χ4n) is 2.22. The van der Waals surface area contributed by atoms with Crippen molar-refractivity contribution in [3.63, 3.8) is 0 Å². The monoisotopic (exact) mass is 315 g/mol. The first-order valence-corrected chi connectivity index (χ1v) is 7.27. The summed E-state index contributed by atoms with van der Waals surface area (Å²) in [5.74, 6) is 0.618. The first-order valence-electron chi connectivity index (χ1n) is 6.89. The average molecular weight is 316 g/mol. The number of anilines is 1. The smallest absolute Gasteiger partial charge is 0.248 e. The highest BCUT2D eigenvalue weighted by molar-refractivity contribution is 6.30. The van der Waals surface area contributed by atoms with Gasteiger partial charge in [-0.15, -0.1) is 0 Å². The largest absolute Gasteiger partial charge is 0.497 e. The summed E-state index contributed by atoms with van der Waals surface area (Å²) in [6.07, 6.45) is 3.33. The molecule has 0 radical (unpaired) electrons. The molecule has 2 rings (SSSR count). The third-order valence-corrected chi connectivity index (χ3v) is 3.53. The minimum absolute atomic E-state index is 0.197. The molecule has 0 spiro atoms. The molecule has 2 aromatic rings. The van der Waals surface area contributed by atoms with Gasteiger partial charge in [0.25, 0.3) is 0 Å². The highest BCUT2D eigenvalue weighted by atomic mass is 35.5. The molecule has 22 heavy (non-hydrogen) atoms. The number of amides is 1. The molecule has 0 saturated heterocycles. The van der Waals surface area contributed by atoms with Crippen molar-refractivity contribution in [3.05, 3.63) is 64.2 Å². The molecule has 114 valence electrons. The number of halogens is 1. The number of hydrogen-bond acceptors (Lipinski definition) is 2. The molecule has 0 saturated carbocycles. The van der Waals surface area contributed by atoms with E-state index in [0.29, 0.717) is 10.7 Å². The van der Waals surface area contributed by atoms with Crippen LogP contribution in [0.15, 0.2) is 42.5 Å². The topological polar surface area (TPSA) is 38.3 Å². The van der Waals surface area contributed by atoms with Crippen molar-refractivity contribution in [2.45, 2.75) is 13.8 Å². The average Bonchev–Trinajstić information content (AvgIpc) is 2.46. The molecule has 2 aromatic carbocycles. The van der Waals surface area contributed by atoms with E-state index in [2.05, 4.69) is 5.32 Å². The van der Waals surface area contributed by atoms with E-state index in [1.54, 1.807) is 31.4 Å². The molecule has 1 amide bonds. The van der Waals surface area contributed by atoms with Crippen LogP contribution in [-0.4, -0.2) is 13.0 Å². The second-order valence-electron chi connectivity index (χ2n) is 5.01. The summed E-state index contributed by atoms with van der Waals surface area (Å²) in [5, 5.41) is 3.37. The standard InChI is InChI=1S/C18H18ClNO2/c1-12-9-16(22-3)10-13(2)17(12)7-8-18(21)20-15-6-4-5-14(19)11-15/h4-11H,1-3H3,(H,20,21)/b8-7+. The molecule has 0 aliphatic heterocycles. The van der Waals surface area contributed by atoms with Gasteiger partial charge in [-0.05, 0) is 66.9 Å². The van der Waals surface area contributed by atoms with Gasteiger partial charge in [-0.3, -0.25) is 4.79 Å². The van der Waals surface area contributed by atoms with Gasteiger partial charge in [0.15, 0.2) is 0 Å². The zero-order valence-corrected chi connectivity index (χ0v) is 13.6. The fourth-order valence-corrected chi connectivity index (χ4v) is 2.42. The van der Waals surface area contributed by atoms with Crippen LogP contribution in [0, 0.1) is 13.8 Å². The number of carbonyl (C=O) groups excluding carboxylic acids is 1. The maximum Gasteiger partial charge on any atom is 0.248 e. The molecule has 0 bridgehead atoms. The first kappa shape index (κ1) is 16.1. The Kier molecular flexibility index (Phi) is 5.23. The lowest BCUT2D eigenvalue weighted by Crippen LogP contribution is -2.07. The second kappa shape index (κ2) is 7.14. The van der Waals surface area contributed by atoms with Gasteiger partial charge in [0.2, 0.25) is 5.91 Å². The van der Waals surface area contributed by atoms with Gasteiger partial charge in [-0.25, -0.2) is 0 Å². The zero-order chi connectivity index (χ0) is 16.1. The Bertz CT molecular complexity index is 700. The van der Waals surface area contributed by atoms with E-state index < -0.39 is 0 Å². The minimum atomic E-state index is -0.197. The number of nitrogens with one attached hydrogen (secondary N) is 1. The number of benzene rings is 2. The van der Waals surface area contributed by atoms with E-state index in [0.717, 1.165) is 22.4 Å². The van der Waals surface area contributed by atoms with Gasteiger partial charge >= 0.3 is 0 Å². The summed E-state index contributed by atoms with van der Waals surface area (Å²) in [7, 11) is 1.64. The molecule has 0 atom stereocenters. The number of methoxy groups -OCH3 is 1. The van der Waals surface area contributed by atoms with Crippen LogP contribution in [0.4, 0.5) is 5.69 Å². The van der Waals surface area contributed by atoms with E-state index in [4.69, 9.17) is 16.3 Å². The number of aryl methyl sites for hydroxylation is 2. The van der Waals surface area contributed by atoms with Crippen molar-refractivity contribution in [3.8, 4) is 5.75 Å². The van der Waals surface area contributed by atoms with E-state index in [-0.39, 0.29) is 5.91 Å². The third kappa shape index (κ3) is 4.12. The summed E-state index contributed by atoms with van der Waals surface area (Å²) >= 11 is 5.89. The number of carbonyl (C=O) groups is 1. The molecule has 0 unspecified atom stereocenters. The summed E-state index contributed by atoms with van der Waals surface area (Å²) in [6, 6.07) is 10.9. The molecule has 0 fully saturated rings. The Morgan fingerprint density at radius 2 is 1.86 bits per heavy atom. The SMILES string of the molecule is COc1cc(C)c(/C=C/C(=O)Nc2cccc(Cl)c2)c(C)c1. The van der Waals surface area contributed by atoms with Crippen LogP contribution in [-0.2, 0) is 4.79 Å². The molecule has 4 heteroatoms. The lowest BCUT2D eigenvalue weighted by Gasteiger charge is -2.09. The van der Waals surface area contributed by atoms with Gasteiger partial charge in [0.1, 0.15) is 5.75 Å². The fraction of sp³-hybridized carbons (Fsp3) is 0.167. The molecular formula is C18H18ClNO2. The van der Waals surface area contributed by atoms with Gasteiger partial charge in [0.05, 0.1) is 7.11 Å². The second-order valence-corrected chi connectivity index (χ2v) is 5.44. The van der Waals surface area contributed by atoms with Crippen LogP contribution in [0.3, 0.4) is 0 Å². The van der Waals surface area contributed by atoms with Crippen molar-refractivity contribution in [1.82, 2.24) is 0 Å². The predicted octanol–water partition coefficient (Wildman–Crippen LogP) is 4.62. The molecule has 3 nitrogen and oxygen atoms in total. The lowest BCUT2D eigenvalue weighted by molar-refractivity contribution is -0.111. The highest BCUT2D eigenvalue weighted by Crippen LogP contribution is 2.23. The van der Waals surface area contributed by atoms with Gasteiger partial charge in [-0.2, -0.15) is 0 Å². The Balaban J connectivity index is 2.13. The summed E-state index contributed by atoms with van der Waals surface area (Å²) in [4.78, 5) is 12.0. The van der Waals surface area contributed by atoms with Gasteiger partial charge < -0.3 is 10.1 Å². The Labute approximate surface area is 135 Å². The quantitative estimate of drug-likeness (QED) is 0.836. The van der Waals surface area contributed by atoms with Crippen molar-refractivity contribution < 1.29 is 9.53 Å². The third-order valence-electron chi connectivity index (χ3n) is 3.30. The van der Waals surface area contributed by atoms with E-state index >= 15 is 0 Å². The molecule has 0 heterocycles. The molecule has 0 aromatic heterocycles. The lowest BCUT2D eigenvalue weighted by atomic mass is 10.0. The molecule has 0 aliphatic carbocycles. The van der Waals surface area contributed by atoms with Crippen molar-refractivity contribution >= 4 is 29.3 Å². The summed E-state index contributed by atoms with van der Waals surface area (Å²) in [5.41, 5.74) is 3.81. The highest BCUT2D eigenvalue weighted by Gasteiger charge is 2.04. The van der Waals surface area contributed by atoms with Crippen LogP contribution in [0.2, 0.25) is 5.02 Å². The number of rotatable bonds is 4. The molecule has 0 aliphatic rings. The van der Waals surface area contributed by atoms with Crippen LogP contribution in [0.25, 0.3) is 6.08 Å². The summed E-state index contributed by atoms with van der Waals surface area (Å²) in [6.45, 7) is 3.98. The van der Waals surface area contributed by atoms with Crippen LogP contribution < -0.4 is 10.1 Å². The molecule has 1 N–H and O–H groups in total. The maximum absolute atomic E-state index is 12.0. The molecular weight excluding hydrogens is 298 g/mol. The zero-order valence-electron chi connectivity index (χ0n) is 12.8. The number of hydrogen-bond donors (Lipinski definition) is 1. The number of ether oxygens (including phenoxy) is 1. The summed E-state index contributed by atoms with van der Waals surface area (Å²) < 4.78 is 5.23. The van der Waals surface area contributed by atoms with Crippen LogP contribution in [0.1, 0.15) is 16.7 Å². The van der Waals surface area contributed by atoms with Gasteiger partial charge in [0, 0.05) is 16.8 Å². The normalized spacial score (nSPS) is 10.7. The maximum atomic E-state index is 12.0. The van der Waals surface area contributed by atoms with Crippen LogP contribution in [0.5, 0.6) is 5.75 Å². The van der Waals surface area contributed by atoms with Crippen molar-refractivity contribution in [2.75, 3.05) is 12.4 Å². The Morgan fingerprint density at radius 3 is 2.45 bits per heavy atom. The minimum Gasteiger partial charge on any atom is -0.497 e.